The van der Waals surface area contributed by atoms with Crippen LogP contribution in [0.4, 0.5) is 15.8 Å². The van der Waals surface area contributed by atoms with Gasteiger partial charge in [0.1, 0.15) is 5.82 Å². The Balaban J connectivity index is 1.45. The fraction of sp³-hybridized carbons (Fsp3) is 0.391. The fourth-order valence-corrected chi connectivity index (χ4v) is 4.25. The number of benzene rings is 2. The van der Waals surface area contributed by atoms with E-state index >= 15 is 0 Å². The second-order valence-corrected chi connectivity index (χ2v) is 7.80. The summed E-state index contributed by atoms with van der Waals surface area (Å²) in [4.78, 5) is 28.9. The molecule has 2 aliphatic rings. The topological polar surface area (TPSA) is 52.7 Å². The Bertz CT molecular complexity index is 901. The first kappa shape index (κ1) is 19.6. The number of carbonyl (C=O) groups is 2. The van der Waals surface area contributed by atoms with Crippen LogP contribution in [0, 0.1) is 5.82 Å². The maximum absolute atomic E-state index is 13.5. The molecule has 1 unspecified atom stereocenters. The average Bonchev–Trinajstić information content (AvgIpc) is 3.14. The van der Waals surface area contributed by atoms with Crippen molar-refractivity contribution >= 4 is 23.2 Å². The standard InChI is InChI=1S/C23H26FN3O2/c24-18-7-3-6-17(14-18)16-26-12-2-1-10-21(26)23(29)25-19-8-4-9-20(15-19)27-13-5-11-22(27)28/h3-4,6-9,14-15,21H,1-2,5,10-13,16H2,(H,25,29). The second-order valence-electron chi connectivity index (χ2n) is 7.80. The van der Waals surface area contributed by atoms with Gasteiger partial charge in [0.05, 0.1) is 6.04 Å². The molecule has 0 aliphatic carbocycles. The van der Waals surface area contributed by atoms with Crippen LogP contribution in [0.5, 0.6) is 0 Å². The zero-order valence-electron chi connectivity index (χ0n) is 16.4. The number of halogens is 1. The third kappa shape index (κ3) is 4.65. The monoisotopic (exact) mass is 395 g/mol. The number of nitrogens with one attached hydrogen (secondary N) is 1. The molecule has 0 saturated carbocycles. The summed E-state index contributed by atoms with van der Waals surface area (Å²) in [6.07, 6.45) is 4.26. The van der Waals surface area contributed by atoms with Crippen LogP contribution in [0.3, 0.4) is 0 Å². The Hall–Kier alpha value is -2.73. The number of hydrogen-bond acceptors (Lipinski definition) is 3. The molecule has 6 heteroatoms. The van der Waals surface area contributed by atoms with E-state index < -0.39 is 0 Å². The third-order valence-electron chi connectivity index (χ3n) is 5.69. The van der Waals surface area contributed by atoms with Crippen LogP contribution >= 0.6 is 0 Å². The van der Waals surface area contributed by atoms with E-state index in [1.165, 1.54) is 12.1 Å². The first-order chi connectivity index (χ1) is 14.1. The van der Waals surface area contributed by atoms with Gasteiger partial charge in [0.15, 0.2) is 0 Å². The molecule has 2 amide bonds. The molecule has 0 spiro atoms. The van der Waals surface area contributed by atoms with Crippen LogP contribution in [0.15, 0.2) is 48.5 Å². The highest BCUT2D eigenvalue weighted by Gasteiger charge is 2.29. The number of rotatable bonds is 5. The number of piperidine rings is 1. The van der Waals surface area contributed by atoms with E-state index in [0.29, 0.717) is 18.7 Å². The number of amides is 2. The lowest BCUT2D eigenvalue weighted by Crippen LogP contribution is -2.46. The minimum atomic E-state index is -0.256. The Morgan fingerprint density at radius 2 is 1.93 bits per heavy atom. The second kappa shape index (κ2) is 8.74. The van der Waals surface area contributed by atoms with E-state index in [1.54, 1.807) is 11.0 Å². The molecular formula is C23H26FN3O2. The SMILES string of the molecule is O=C(Nc1cccc(N2CCCC2=O)c1)C1CCCCN1Cc1cccc(F)c1. The van der Waals surface area contributed by atoms with E-state index in [9.17, 15) is 14.0 Å². The lowest BCUT2D eigenvalue weighted by molar-refractivity contribution is -0.122. The highest BCUT2D eigenvalue weighted by atomic mass is 19.1. The summed E-state index contributed by atoms with van der Waals surface area (Å²) >= 11 is 0. The Kier molecular flexibility index (Phi) is 5.90. The van der Waals surface area contributed by atoms with Crippen molar-refractivity contribution in [3.05, 3.63) is 59.9 Å². The molecule has 2 fully saturated rings. The van der Waals surface area contributed by atoms with Gasteiger partial charge in [-0.3, -0.25) is 14.5 Å². The van der Waals surface area contributed by atoms with Crippen LogP contribution in [0.1, 0.15) is 37.7 Å². The summed E-state index contributed by atoms with van der Waals surface area (Å²) in [6.45, 7) is 2.09. The molecule has 1 N–H and O–H groups in total. The van der Waals surface area contributed by atoms with Gasteiger partial charge in [-0.1, -0.05) is 24.6 Å². The van der Waals surface area contributed by atoms with Gasteiger partial charge < -0.3 is 10.2 Å². The third-order valence-corrected chi connectivity index (χ3v) is 5.69. The number of carbonyl (C=O) groups excluding carboxylic acids is 2. The molecule has 2 aromatic rings. The number of nitrogens with zero attached hydrogens (tertiary/aromatic N) is 2. The summed E-state index contributed by atoms with van der Waals surface area (Å²) < 4.78 is 13.5. The summed E-state index contributed by atoms with van der Waals surface area (Å²) in [5.41, 5.74) is 2.40. The van der Waals surface area contributed by atoms with Crippen molar-refractivity contribution in [1.82, 2.24) is 4.90 Å². The van der Waals surface area contributed by atoms with E-state index in [4.69, 9.17) is 0 Å². The first-order valence-electron chi connectivity index (χ1n) is 10.3. The summed E-state index contributed by atoms with van der Waals surface area (Å²) in [5, 5.41) is 3.02. The summed E-state index contributed by atoms with van der Waals surface area (Å²) in [7, 11) is 0. The van der Waals surface area contributed by atoms with Crippen molar-refractivity contribution in [2.45, 2.75) is 44.7 Å². The van der Waals surface area contributed by atoms with Gasteiger partial charge in [0.2, 0.25) is 11.8 Å². The molecule has 2 aliphatic heterocycles. The van der Waals surface area contributed by atoms with Gasteiger partial charge in [-0.2, -0.15) is 0 Å². The number of likely N-dealkylation sites (tertiary alicyclic amines) is 1. The lowest BCUT2D eigenvalue weighted by Gasteiger charge is -2.34. The quantitative estimate of drug-likeness (QED) is 0.834. The van der Waals surface area contributed by atoms with Gasteiger partial charge in [-0.05, 0) is 61.7 Å². The van der Waals surface area contributed by atoms with Gasteiger partial charge in [0.25, 0.3) is 0 Å². The molecule has 2 heterocycles. The van der Waals surface area contributed by atoms with Crippen LogP contribution in [-0.4, -0.2) is 35.8 Å². The van der Waals surface area contributed by atoms with Crippen molar-refractivity contribution in [3.8, 4) is 0 Å². The average molecular weight is 395 g/mol. The molecule has 2 aromatic carbocycles. The summed E-state index contributed by atoms with van der Waals surface area (Å²) in [5.74, 6) is -0.179. The predicted octanol–water partition coefficient (Wildman–Crippen LogP) is 3.95. The molecule has 0 radical (unpaired) electrons. The van der Waals surface area contributed by atoms with Crippen LogP contribution < -0.4 is 10.2 Å². The molecule has 29 heavy (non-hydrogen) atoms. The maximum Gasteiger partial charge on any atom is 0.241 e. The Morgan fingerprint density at radius 1 is 1.07 bits per heavy atom. The zero-order chi connectivity index (χ0) is 20.2. The Morgan fingerprint density at radius 3 is 2.72 bits per heavy atom. The van der Waals surface area contributed by atoms with Gasteiger partial charge in [0, 0.05) is 30.9 Å². The lowest BCUT2D eigenvalue weighted by atomic mass is 10.00. The molecule has 5 nitrogen and oxygen atoms in total. The van der Waals surface area contributed by atoms with Crippen molar-refractivity contribution in [3.63, 3.8) is 0 Å². The van der Waals surface area contributed by atoms with Crippen LogP contribution in [-0.2, 0) is 16.1 Å². The smallest absolute Gasteiger partial charge is 0.241 e. The zero-order valence-corrected chi connectivity index (χ0v) is 16.4. The number of hydrogen-bond donors (Lipinski definition) is 1. The van der Waals surface area contributed by atoms with Crippen molar-refractivity contribution < 1.29 is 14.0 Å². The normalized spacial score (nSPS) is 20.1. The van der Waals surface area contributed by atoms with Crippen molar-refractivity contribution in [1.29, 1.82) is 0 Å². The van der Waals surface area contributed by atoms with Gasteiger partial charge in [-0.15, -0.1) is 0 Å². The molecule has 0 bridgehead atoms. The van der Waals surface area contributed by atoms with E-state index in [0.717, 1.165) is 50.0 Å². The Labute approximate surface area is 170 Å². The van der Waals surface area contributed by atoms with E-state index in [-0.39, 0.29) is 23.7 Å². The largest absolute Gasteiger partial charge is 0.325 e. The van der Waals surface area contributed by atoms with Crippen LogP contribution in [0.2, 0.25) is 0 Å². The maximum atomic E-state index is 13.5. The minimum absolute atomic E-state index is 0.0500. The van der Waals surface area contributed by atoms with E-state index in [2.05, 4.69) is 10.2 Å². The fourth-order valence-electron chi connectivity index (χ4n) is 4.25. The molecule has 152 valence electrons. The molecule has 2 saturated heterocycles. The molecule has 0 aromatic heterocycles. The summed E-state index contributed by atoms with van der Waals surface area (Å²) in [6, 6.07) is 13.8. The van der Waals surface area contributed by atoms with Crippen molar-refractivity contribution in [2.24, 2.45) is 0 Å². The van der Waals surface area contributed by atoms with E-state index in [1.807, 2.05) is 30.3 Å². The number of anilines is 2. The van der Waals surface area contributed by atoms with Gasteiger partial charge in [-0.25, -0.2) is 4.39 Å². The highest BCUT2D eigenvalue weighted by molar-refractivity contribution is 5.98. The van der Waals surface area contributed by atoms with Crippen molar-refractivity contribution in [2.75, 3.05) is 23.3 Å². The highest BCUT2D eigenvalue weighted by Crippen LogP contribution is 2.26. The first-order valence-corrected chi connectivity index (χ1v) is 10.3. The molecule has 1 atom stereocenters. The van der Waals surface area contributed by atoms with Gasteiger partial charge >= 0.3 is 0 Å². The molecular weight excluding hydrogens is 369 g/mol. The predicted molar refractivity (Wildman–Crippen MR) is 111 cm³/mol. The molecule has 4 rings (SSSR count). The minimum Gasteiger partial charge on any atom is -0.325 e. The van der Waals surface area contributed by atoms with Crippen LogP contribution in [0.25, 0.3) is 0 Å².